The van der Waals surface area contributed by atoms with Crippen LogP contribution in [0.4, 0.5) is 0 Å². The van der Waals surface area contributed by atoms with Crippen LogP contribution in [-0.2, 0) is 9.53 Å². The quantitative estimate of drug-likeness (QED) is 0.503. The van der Waals surface area contributed by atoms with Gasteiger partial charge in [-0.3, -0.25) is 4.79 Å². The summed E-state index contributed by atoms with van der Waals surface area (Å²) in [5.74, 6) is -0.185. The molecule has 4 heteroatoms. The normalized spacial score (nSPS) is 40.0. The second-order valence-corrected chi connectivity index (χ2v) is 5.94. The first-order valence-corrected chi connectivity index (χ1v) is 6.88. The summed E-state index contributed by atoms with van der Waals surface area (Å²) in [6.07, 6.45) is 4.10. The molecule has 20 heavy (non-hydrogen) atoms. The van der Waals surface area contributed by atoms with E-state index in [1.807, 2.05) is 31.2 Å². The molecule has 0 aromatic heterocycles. The van der Waals surface area contributed by atoms with Crippen LogP contribution >= 0.6 is 0 Å². The average Bonchev–Trinajstić information content (AvgIpc) is 2.83. The summed E-state index contributed by atoms with van der Waals surface area (Å²) in [6, 6.07) is 9.11. The van der Waals surface area contributed by atoms with Gasteiger partial charge in [-0.25, -0.2) is 4.79 Å². The number of β-lactam (4-membered cyclic amide) rings is 1. The number of hydrogen-bond donors (Lipinski definition) is 1. The Labute approximate surface area is 116 Å². The van der Waals surface area contributed by atoms with Gasteiger partial charge >= 0.3 is 5.97 Å². The van der Waals surface area contributed by atoms with E-state index in [1.165, 1.54) is 0 Å². The van der Waals surface area contributed by atoms with Crippen LogP contribution < -0.4 is 5.32 Å². The Balaban J connectivity index is 1.61. The SMILES string of the molecule is C[C@]1(OC(=O)c2ccccc2)[C@H]2C=C[C@H]1[C@H]1C(=O)N[C@H]12. The van der Waals surface area contributed by atoms with Gasteiger partial charge in [-0.2, -0.15) is 0 Å². The molecule has 2 aliphatic carbocycles. The number of carbonyl (C=O) groups excluding carboxylic acids is 2. The van der Waals surface area contributed by atoms with Gasteiger partial charge in [0.15, 0.2) is 0 Å². The maximum atomic E-state index is 12.3. The number of ether oxygens (including phenoxy) is 1. The van der Waals surface area contributed by atoms with Crippen LogP contribution in [0.15, 0.2) is 42.5 Å². The number of carbonyl (C=O) groups is 2. The van der Waals surface area contributed by atoms with Gasteiger partial charge in [0.25, 0.3) is 0 Å². The van der Waals surface area contributed by atoms with Gasteiger partial charge in [0.05, 0.1) is 17.5 Å². The fourth-order valence-corrected chi connectivity index (χ4v) is 3.88. The average molecular weight is 269 g/mol. The van der Waals surface area contributed by atoms with Crippen molar-refractivity contribution in [3.63, 3.8) is 0 Å². The molecule has 102 valence electrons. The molecule has 1 aromatic rings. The van der Waals surface area contributed by atoms with Crippen molar-refractivity contribution in [3.05, 3.63) is 48.0 Å². The molecule has 0 radical (unpaired) electrons. The van der Waals surface area contributed by atoms with Gasteiger partial charge in [0.1, 0.15) is 5.60 Å². The highest BCUT2D eigenvalue weighted by Gasteiger charge is 2.68. The van der Waals surface area contributed by atoms with Crippen LogP contribution in [0.1, 0.15) is 17.3 Å². The highest BCUT2D eigenvalue weighted by molar-refractivity contribution is 5.91. The summed E-state index contributed by atoms with van der Waals surface area (Å²) in [7, 11) is 0. The predicted octanol–water partition coefficient (Wildman–Crippen LogP) is 1.53. The number of esters is 1. The zero-order valence-corrected chi connectivity index (χ0v) is 11.1. The molecule has 1 heterocycles. The second kappa shape index (κ2) is 3.72. The number of hydrogen-bond acceptors (Lipinski definition) is 3. The van der Waals surface area contributed by atoms with Crippen molar-refractivity contribution in [1.82, 2.24) is 5.32 Å². The van der Waals surface area contributed by atoms with E-state index in [0.29, 0.717) is 5.56 Å². The predicted molar refractivity (Wildman–Crippen MR) is 71.8 cm³/mol. The third kappa shape index (κ3) is 1.31. The van der Waals surface area contributed by atoms with Gasteiger partial charge in [-0.1, -0.05) is 30.4 Å². The zero-order chi connectivity index (χ0) is 13.9. The van der Waals surface area contributed by atoms with Crippen molar-refractivity contribution in [2.45, 2.75) is 18.6 Å². The minimum absolute atomic E-state index is 0.00101. The Kier molecular flexibility index (Phi) is 2.18. The summed E-state index contributed by atoms with van der Waals surface area (Å²) in [5.41, 5.74) is -0.0619. The maximum Gasteiger partial charge on any atom is 0.338 e. The molecule has 1 aromatic carbocycles. The molecule has 0 unspecified atom stereocenters. The lowest BCUT2D eigenvalue weighted by Crippen LogP contribution is -2.59. The highest BCUT2D eigenvalue weighted by Crippen LogP contribution is 2.56. The summed E-state index contributed by atoms with van der Waals surface area (Å²) >= 11 is 0. The van der Waals surface area contributed by atoms with Crippen molar-refractivity contribution in [2.75, 3.05) is 0 Å². The number of nitrogens with one attached hydrogen (secondary N) is 1. The van der Waals surface area contributed by atoms with E-state index in [0.717, 1.165) is 0 Å². The number of amides is 1. The fraction of sp³-hybridized carbons (Fsp3) is 0.375. The first-order valence-electron chi connectivity index (χ1n) is 6.88. The zero-order valence-electron chi connectivity index (χ0n) is 11.1. The highest BCUT2D eigenvalue weighted by atomic mass is 16.6. The Morgan fingerprint density at radius 3 is 2.55 bits per heavy atom. The van der Waals surface area contributed by atoms with E-state index in [-0.39, 0.29) is 35.7 Å². The van der Waals surface area contributed by atoms with Crippen molar-refractivity contribution in [1.29, 1.82) is 0 Å². The lowest BCUT2D eigenvalue weighted by molar-refractivity contribution is -0.135. The van der Waals surface area contributed by atoms with Gasteiger partial charge < -0.3 is 10.1 Å². The summed E-state index contributed by atoms with van der Waals surface area (Å²) < 4.78 is 5.81. The third-order valence-electron chi connectivity index (χ3n) is 4.94. The Morgan fingerprint density at radius 2 is 1.90 bits per heavy atom. The van der Waals surface area contributed by atoms with Crippen LogP contribution in [0, 0.1) is 17.8 Å². The Bertz CT molecular complexity index is 624. The lowest BCUT2D eigenvalue weighted by Gasteiger charge is -2.36. The number of rotatable bonds is 2. The Morgan fingerprint density at radius 1 is 1.20 bits per heavy atom. The van der Waals surface area contributed by atoms with E-state index in [1.54, 1.807) is 12.1 Å². The topological polar surface area (TPSA) is 55.4 Å². The van der Waals surface area contributed by atoms with Crippen molar-refractivity contribution >= 4 is 11.9 Å². The van der Waals surface area contributed by atoms with Gasteiger partial charge in [0.2, 0.25) is 5.91 Å². The van der Waals surface area contributed by atoms with Crippen LogP contribution in [0.5, 0.6) is 0 Å². The van der Waals surface area contributed by atoms with Crippen molar-refractivity contribution in [2.24, 2.45) is 17.8 Å². The second-order valence-electron chi connectivity index (χ2n) is 5.94. The van der Waals surface area contributed by atoms with E-state index in [9.17, 15) is 9.59 Å². The van der Waals surface area contributed by atoms with Gasteiger partial charge in [-0.15, -0.1) is 0 Å². The molecular formula is C16H15NO3. The van der Waals surface area contributed by atoms with E-state index < -0.39 is 5.60 Å². The van der Waals surface area contributed by atoms with Gasteiger partial charge in [0, 0.05) is 11.8 Å². The smallest absolute Gasteiger partial charge is 0.338 e. The summed E-state index contributed by atoms with van der Waals surface area (Å²) in [5, 5.41) is 2.92. The fourth-order valence-electron chi connectivity index (χ4n) is 3.88. The van der Waals surface area contributed by atoms with E-state index in [4.69, 9.17) is 4.74 Å². The van der Waals surface area contributed by atoms with Crippen molar-refractivity contribution < 1.29 is 14.3 Å². The van der Waals surface area contributed by atoms with Crippen LogP contribution in [0.25, 0.3) is 0 Å². The third-order valence-corrected chi connectivity index (χ3v) is 4.94. The standard InChI is InChI=1S/C16H15NO3/c1-16(20-15(19)9-5-3-2-4-6-9)10-7-8-11(16)13-12(10)14(18)17-13/h2-8,10-13H,1H3,(H,17,18)/t10-,11-,12+,13-,16+/m0/s1. The maximum absolute atomic E-state index is 12.3. The molecule has 1 aliphatic heterocycles. The molecule has 2 fully saturated rings. The van der Waals surface area contributed by atoms with Crippen molar-refractivity contribution in [3.8, 4) is 0 Å². The molecule has 0 spiro atoms. The summed E-state index contributed by atoms with van der Waals surface area (Å²) in [6.45, 7) is 1.94. The molecule has 4 rings (SSSR count). The molecule has 1 N–H and O–H groups in total. The molecule has 5 atom stereocenters. The monoisotopic (exact) mass is 269 g/mol. The minimum atomic E-state index is -0.610. The first-order chi connectivity index (χ1) is 9.61. The van der Waals surface area contributed by atoms with Gasteiger partial charge in [-0.05, 0) is 19.1 Å². The minimum Gasteiger partial charge on any atom is -0.454 e. The molecule has 3 aliphatic rings. The molecular weight excluding hydrogens is 254 g/mol. The Hall–Kier alpha value is -2.10. The molecule has 2 bridgehead atoms. The van der Waals surface area contributed by atoms with Crippen LogP contribution in [0.3, 0.4) is 0 Å². The lowest BCUT2D eigenvalue weighted by atomic mass is 9.81. The molecule has 1 saturated heterocycles. The molecule has 1 amide bonds. The van der Waals surface area contributed by atoms with Crippen LogP contribution in [0.2, 0.25) is 0 Å². The largest absolute Gasteiger partial charge is 0.454 e. The summed E-state index contributed by atoms with van der Waals surface area (Å²) in [4.78, 5) is 23.9. The van der Waals surface area contributed by atoms with Crippen LogP contribution in [-0.4, -0.2) is 23.5 Å². The number of benzene rings is 1. The first kappa shape index (κ1) is 11.7. The molecule has 4 nitrogen and oxygen atoms in total. The number of fused-ring (bicyclic) bond motifs is 5. The van der Waals surface area contributed by atoms with E-state index in [2.05, 4.69) is 11.4 Å². The molecule has 1 saturated carbocycles. The van der Waals surface area contributed by atoms with E-state index >= 15 is 0 Å².